The third-order valence-electron chi connectivity index (χ3n) is 4.16. The van der Waals surface area contributed by atoms with E-state index in [1.54, 1.807) is 35.2 Å². The highest BCUT2D eigenvalue weighted by Gasteiger charge is 2.35. The standard InChI is InChI=1S/C18H19FN2O3/c1-24-17-7-3-6-14(20-17)9-18(23)21-11-15(22)10-16(21)12-4-2-5-13(19)8-12/h2-8,15-16,22H,9-11H2,1H3/t15-,16+/m1/s1. The Hall–Kier alpha value is -2.47. The molecule has 0 aliphatic carbocycles. The van der Waals surface area contributed by atoms with Gasteiger partial charge in [0.25, 0.3) is 0 Å². The number of aliphatic hydroxyl groups excluding tert-OH is 1. The highest BCUT2D eigenvalue weighted by Crippen LogP contribution is 2.33. The molecule has 1 amide bonds. The molecular formula is C18H19FN2O3. The lowest BCUT2D eigenvalue weighted by Crippen LogP contribution is -2.33. The van der Waals surface area contributed by atoms with Crippen molar-refractivity contribution in [2.75, 3.05) is 13.7 Å². The number of hydrogen-bond donors (Lipinski definition) is 1. The average Bonchev–Trinajstić information content (AvgIpc) is 2.97. The number of β-amino-alcohol motifs (C(OH)–C–C–N with tert-alkyl or cyclic N) is 1. The first-order chi connectivity index (χ1) is 11.6. The van der Waals surface area contributed by atoms with Crippen LogP contribution in [0.3, 0.4) is 0 Å². The minimum Gasteiger partial charge on any atom is -0.481 e. The second kappa shape index (κ2) is 6.97. The Bertz CT molecular complexity index is 738. The van der Waals surface area contributed by atoms with Gasteiger partial charge in [0.15, 0.2) is 0 Å². The molecule has 0 spiro atoms. The molecule has 2 atom stereocenters. The van der Waals surface area contributed by atoms with E-state index in [-0.39, 0.29) is 30.7 Å². The van der Waals surface area contributed by atoms with Crippen LogP contribution in [0.4, 0.5) is 4.39 Å². The van der Waals surface area contributed by atoms with Gasteiger partial charge in [0.05, 0.1) is 31.4 Å². The van der Waals surface area contributed by atoms with E-state index in [0.717, 1.165) is 0 Å². The summed E-state index contributed by atoms with van der Waals surface area (Å²) >= 11 is 0. The van der Waals surface area contributed by atoms with Crippen LogP contribution in [0.25, 0.3) is 0 Å². The van der Waals surface area contributed by atoms with Crippen LogP contribution in [0.2, 0.25) is 0 Å². The Balaban J connectivity index is 1.79. The largest absolute Gasteiger partial charge is 0.481 e. The number of rotatable bonds is 4. The molecule has 0 radical (unpaired) electrons. The molecule has 6 heteroatoms. The fourth-order valence-electron chi connectivity index (χ4n) is 3.05. The van der Waals surface area contributed by atoms with Gasteiger partial charge in [0.2, 0.25) is 11.8 Å². The second-order valence-corrected chi connectivity index (χ2v) is 5.85. The Morgan fingerprint density at radius 1 is 1.38 bits per heavy atom. The summed E-state index contributed by atoms with van der Waals surface area (Å²) in [6.45, 7) is 0.240. The van der Waals surface area contributed by atoms with E-state index in [0.29, 0.717) is 23.6 Å². The van der Waals surface area contributed by atoms with Crippen LogP contribution in [-0.2, 0) is 11.2 Å². The van der Waals surface area contributed by atoms with Crippen LogP contribution < -0.4 is 4.74 Å². The number of halogens is 1. The van der Waals surface area contributed by atoms with Crippen molar-refractivity contribution in [3.8, 4) is 5.88 Å². The third-order valence-corrected chi connectivity index (χ3v) is 4.16. The number of amides is 1. The number of aromatic nitrogens is 1. The highest BCUT2D eigenvalue weighted by atomic mass is 19.1. The molecule has 1 aliphatic heterocycles. The maximum Gasteiger partial charge on any atom is 0.229 e. The number of carbonyl (C=O) groups excluding carboxylic acids is 1. The summed E-state index contributed by atoms with van der Waals surface area (Å²) in [5.41, 5.74) is 1.29. The van der Waals surface area contributed by atoms with Gasteiger partial charge >= 0.3 is 0 Å². The molecule has 1 aromatic carbocycles. The number of ether oxygens (including phenoxy) is 1. The molecule has 0 unspecified atom stereocenters. The molecule has 0 saturated carbocycles. The first kappa shape index (κ1) is 16.4. The van der Waals surface area contributed by atoms with Crippen molar-refractivity contribution in [3.05, 3.63) is 59.5 Å². The lowest BCUT2D eigenvalue weighted by molar-refractivity contribution is -0.131. The summed E-state index contributed by atoms with van der Waals surface area (Å²) in [7, 11) is 1.52. The molecule has 0 bridgehead atoms. The maximum absolute atomic E-state index is 13.5. The van der Waals surface area contributed by atoms with E-state index in [1.807, 2.05) is 0 Å². The Morgan fingerprint density at radius 2 is 2.17 bits per heavy atom. The number of aliphatic hydroxyl groups is 1. The van der Waals surface area contributed by atoms with Gasteiger partial charge in [-0.15, -0.1) is 0 Å². The smallest absolute Gasteiger partial charge is 0.229 e. The predicted octanol–water partition coefficient (Wildman–Crippen LogP) is 2.11. The minimum atomic E-state index is -0.611. The molecule has 126 valence electrons. The van der Waals surface area contributed by atoms with Crippen molar-refractivity contribution >= 4 is 5.91 Å². The van der Waals surface area contributed by atoms with E-state index in [4.69, 9.17) is 4.74 Å². The van der Waals surface area contributed by atoms with Crippen molar-refractivity contribution < 1.29 is 19.0 Å². The van der Waals surface area contributed by atoms with Crippen LogP contribution in [0.1, 0.15) is 23.7 Å². The molecule has 1 aromatic heterocycles. The van der Waals surface area contributed by atoms with E-state index in [1.165, 1.54) is 19.2 Å². The van der Waals surface area contributed by atoms with Crippen LogP contribution in [0.15, 0.2) is 42.5 Å². The van der Waals surface area contributed by atoms with E-state index < -0.39 is 6.10 Å². The first-order valence-corrected chi connectivity index (χ1v) is 7.79. The summed E-state index contributed by atoms with van der Waals surface area (Å²) in [4.78, 5) is 18.5. The van der Waals surface area contributed by atoms with Crippen molar-refractivity contribution in [2.24, 2.45) is 0 Å². The average molecular weight is 330 g/mol. The Labute approximate surface area is 139 Å². The van der Waals surface area contributed by atoms with Crippen LogP contribution in [-0.4, -0.2) is 40.7 Å². The number of pyridine rings is 1. The van der Waals surface area contributed by atoms with Gasteiger partial charge in [-0.3, -0.25) is 4.79 Å². The molecule has 24 heavy (non-hydrogen) atoms. The topological polar surface area (TPSA) is 62.7 Å². The highest BCUT2D eigenvalue weighted by molar-refractivity contribution is 5.79. The number of benzene rings is 1. The number of carbonyl (C=O) groups is 1. The Morgan fingerprint density at radius 3 is 2.92 bits per heavy atom. The predicted molar refractivity (Wildman–Crippen MR) is 86.0 cm³/mol. The van der Waals surface area contributed by atoms with Gasteiger partial charge in [0, 0.05) is 12.6 Å². The maximum atomic E-state index is 13.5. The first-order valence-electron chi connectivity index (χ1n) is 7.79. The molecule has 1 saturated heterocycles. The molecule has 5 nitrogen and oxygen atoms in total. The van der Waals surface area contributed by atoms with Crippen LogP contribution >= 0.6 is 0 Å². The lowest BCUT2D eigenvalue weighted by Gasteiger charge is -2.24. The number of nitrogens with zero attached hydrogens (tertiary/aromatic N) is 2. The molecule has 1 aliphatic rings. The number of likely N-dealkylation sites (tertiary alicyclic amines) is 1. The Kier molecular flexibility index (Phi) is 4.76. The number of methoxy groups -OCH3 is 1. The summed E-state index contributed by atoms with van der Waals surface area (Å²) in [6.07, 6.45) is -0.100. The zero-order valence-corrected chi connectivity index (χ0v) is 13.4. The van der Waals surface area contributed by atoms with Crippen molar-refractivity contribution in [1.82, 2.24) is 9.88 Å². The van der Waals surface area contributed by atoms with Gasteiger partial charge in [-0.25, -0.2) is 9.37 Å². The van der Waals surface area contributed by atoms with Crippen molar-refractivity contribution in [1.29, 1.82) is 0 Å². The molecule has 1 fully saturated rings. The van der Waals surface area contributed by atoms with Gasteiger partial charge in [-0.05, 0) is 30.2 Å². The minimum absolute atomic E-state index is 0.107. The van der Waals surface area contributed by atoms with E-state index in [2.05, 4.69) is 4.98 Å². The fraction of sp³-hybridized carbons (Fsp3) is 0.333. The zero-order chi connectivity index (χ0) is 17.1. The molecule has 3 rings (SSSR count). The molecule has 1 N–H and O–H groups in total. The molecule has 2 aromatic rings. The van der Waals surface area contributed by atoms with Crippen molar-refractivity contribution in [2.45, 2.75) is 25.0 Å². The SMILES string of the molecule is COc1cccc(CC(=O)N2C[C@H](O)C[C@H]2c2cccc(F)c2)n1. The molecule has 2 heterocycles. The monoisotopic (exact) mass is 330 g/mol. The van der Waals surface area contributed by atoms with Crippen LogP contribution in [0, 0.1) is 5.82 Å². The summed E-state index contributed by atoms with van der Waals surface area (Å²) in [5.74, 6) is -0.0549. The summed E-state index contributed by atoms with van der Waals surface area (Å²) in [6, 6.07) is 11.1. The van der Waals surface area contributed by atoms with E-state index in [9.17, 15) is 14.3 Å². The number of hydrogen-bond acceptors (Lipinski definition) is 4. The molecular weight excluding hydrogens is 311 g/mol. The quantitative estimate of drug-likeness (QED) is 0.933. The fourth-order valence-corrected chi connectivity index (χ4v) is 3.05. The lowest BCUT2D eigenvalue weighted by atomic mass is 10.0. The van der Waals surface area contributed by atoms with Gasteiger partial charge in [-0.2, -0.15) is 0 Å². The summed E-state index contributed by atoms with van der Waals surface area (Å²) < 4.78 is 18.6. The van der Waals surface area contributed by atoms with E-state index >= 15 is 0 Å². The van der Waals surface area contributed by atoms with Crippen LogP contribution in [0.5, 0.6) is 5.88 Å². The second-order valence-electron chi connectivity index (χ2n) is 5.85. The third kappa shape index (κ3) is 3.54. The normalized spacial score (nSPS) is 20.2. The zero-order valence-electron chi connectivity index (χ0n) is 13.4. The summed E-state index contributed by atoms with van der Waals surface area (Å²) in [5, 5.41) is 9.97. The van der Waals surface area contributed by atoms with Crippen molar-refractivity contribution in [3.63, 3.8) is 0 Å². The van der Waals surface area contributed by atoms with Gasteiger partial charge in [-0.1, -0.05) is 18.2 Å². The van der Waals surface area contributed by atoms with Gasteiger partial charge < -0.3 is 14.7 Å². The van der Waals surface area contributed by atoms with Gasteiger partial charge in [0.1, 0.15) is 5.82 Å².